The average molecular weight is 209 g/mol. The van der Waals surface area contributed by atoms with E-state index in [1.807, 2.05) is 10.9 Å². The van der Waals surface area contributed by atoms with Crippen molar-refractivity contribution in [3.63, 3.8) is 0 Å². The molecule has 0 aliphatic heterocycles. The topological polar surface area (TPSA) is 21.1 Å². The van der Waals surface area contributed by atoms with Gasteiger partial charge in [0.05, 0.1) is 6.20 Å². The zero-order chi connectivity index (χ0) is 11.5. The zero-order valence-electron chi connectivity index (χ0n) is 10.6. The number of hydrogen-bond acceptors (Lipinski definition) is 2. The van der Waals surface area contributed by atoms with Crippen molar-refractivity contribution in [2.75, 3.05) is 20.6 Å². The van der Waals surface area contributed by atoms with Crippen molar-refractivity contribution in [2.45, 2.75) is 39.2 Å². The molecule has 1 aromatic heterocycles. The van der Waals surface area contributed by atoms with Crippen molar-refractivity contribution in [3.8, 4) is 0 Å². The molecule has 0 aliphatic carbocycles. The predicted octanol–water partition coefficient (Wildman–Crippen LogP) is 2.13. The maximum atomic E-state index is 4.38. The monoisotopic (exact) mass is 209 g/mol. The van der Waals surface area contributed by atoms with Crippen LogP contribution in [0.2, 0.25) is 0 Å². The molecule has 0 spiro atoms. The molecule has 0 aromatic carbocycles. The minimum Gasteiger partial charge on any atom is -0.309 e. The lowest BCUT2D eigenvalue weighted by Gasteiger charge is -2.15. The molecule has 3 heteroatoms. The number of rotatable bonds is 4. The third kappa shape index (κ3) is 4.04. The van der Waals surface area contributed by atoms with Gasteiger partial charge in [0, 0.05) is 12.7 Å². The first-order valence-corrected chi connectivity index (χ1v) is 5.57. The fraction of sp³-hybridized carbons (Fsp3) is 0.750. The number of aromatic nitrogens is 2. The van der Waals surface area contributed by atoms with Gasteiger partial charge in [-0.05, 0) is 38.0 Å². The van der Waals surface area contributed by atoms with Crippen LogP contribution in [0.3, 0.4) is 0 Å². The Morgan fingerprint density at radius 2 is 2.00 bits per heavy atom. The summed E-state index contributed by atoms with van der Waals surface area (Å²) in [6.45, 7) is 8.77. The van der Waals surface area contributed by atoms with Crippen LogP contribution in [-0.4, -0.2) is 35.3 Å². The van der Waals surface area contributed by atoms with Gasteiger partial charge in [0.2, 0.25) is 0 Å². The van der Waals surface area contributed by atoms with Crippen LogP contribution in [0.5, 0.6) is 0 Å². The van der Waals surface area contributed by atoms with Gasteiger partial charge < -0.3 is 4.90 Å². The Labute approximate surface area is 93.1 Å². The summed E-state index contributed by atoms with van der Waals surface area (Å²) in [6, 6.07) is 0. The maximum absolute atomic E-state index is 4.38. The highest BCUT2D eigenvalue weighted by molar-refractivity contribution is 5.14. The van der Waals surface area contributed by atoms with Crippen molar-refractivity contribution in [1.29, 1.82) is 0 Å². The molecule has 0 radical (unpaired) electrons. The molecular weight excluding hydrogens is 186 g/mol. The van der Waals surface area contributed by atoms with Crippen LogP contribution in [0.1, 0.15) is 32.8 Å². The van der Waals surface area contributed by atoms with Gasteiger partial charge in [-0.15, -0.1) is 0 Å². The minimum atomic E-state index is 0.208. The smallest absolute Gasteiger partial charge is 0.0527 e. The van der Waals surface area contributed by atoms with Gasteiger partial charge in [-0.3, -0.25) is 4.68 Å². The Kier molecular flexibility index (Phi) is 3.91. The highest BCUT2D eigenvalue weighted by atomic mass is 15.3. The SMILES string of the molecule is CN(C)CCCn1cc(C(C)(C)C)cn1. The van der Waals surface area contributed by atoms with Gasteiger partial charge in [-0.25, -0.2) is 0 Å². The molecule has 0 aliphatic rings. The zero-order valence-corrected chi connectivity index (χ0v) is 10.6. The molecule has 0 atom stereocenters. The molecule has 0 unspecified atom stereocenters. The normalized spacial score (nSPS) is 12.4. The van der Waals surface area contributed by atoms with E-state index in [-0.39, 0.29) is 5.41 Å². The molecule has 1 aromatic rings. The van der Waals surface area contributed by atoms with E-state index in [2.05, 4.69) is 51.1 Å². The van der Waals surface area contributed by atoms with Gasteiger partial charge in [0.1, 0.15) is 0 Å². The Hall–Kier alpha value is -0.830. The molecule has 1 rings (SSSR count). The van der Waals surface area contributed by atoms with Gasteiger partial charge >= 0.3 is 0 Å². The summed E-state index contributed by atoms with van der Waals surface area (Å²) in [5.74, 6) is 0. The molecule has 0 N–H and O–H groups in total. The van der Waals surface area contributed by atoms with Gasteiger partial charge in [-0.2, -0.15) is 5.10 Å². The molecule has 1 heterocycles. The van der Waals surface area contributed by atoms with E-state index in [4.69, 9.17) is 0 Å². The predicted molar refractivity (Wildman–Crippen MR) is 64.1 cm³/mol. The Morgan fingerprint density at radius 3 is 2.47 bits per heavy atom. The Morgan fingerprint density at radius 1 is 1.33 bits per heavy atom. The first-order valence-electron chi connectivity index (χ1n) is 5.57. The first kappa shape index (κ1) is 12.2. The van der Waals surface area contributed by atoms with Crippen LogP contribution >= 0.6 is 0 Å². The average Bonchev–Trinajstić information content (AvgIpc) is 2.51. The van der Waals surface area contributed by atoms with Crippen LogP contribution < -0.4 is 0 Å². The van der Waals surface area contributed by atoms with E-state index in [0.29, 0.717) is 0 Å². The van der Waals surface area contributed by atoms with E-state index in [9.17, 15) is 0 Å². The van der Waals surface area contributed by atoms with Crippen molar-refractivity contribution in [1.82, 2.24) is 14.7 Å². The van der Waals surface area contributed by atoms with Crippen molar-refractivity contribution < 1.29 is 0 Å². The molecular formula is C12H23N3. The van der Waals surface area contributed by atoms with Gasteiger partial charge in [0.25, 0.3) is 0 Å². The summed E-state index contributed by atoms with van der Waals surface area (Å²) in [5, 5.41) is 4.38. The van der Waals surface area contributed by atoms with Crippen LogP contribution in [0.4, 0.5) is 0 Å². The number of aryl methyl sites for hydroxylation is 1. The molecule has 0 saturated heterocycles. The van der Waals surface area contributed by atoms with Crippen LogP contribution in [0, 0.1) is 0 Å². The molecule has 0 saturated carbocycles. The Bertz CT molecular complexity index is 294. The highest BCUT2D eigenvalue weighted by Gasteiger charge is 2.15. The summed E-state index contributed by atoms with van der Waals surface area (Å²) in [7, 11) is 4.20. The van der Waals surface area contributed by atoms with E-state index < -0.39 is 0 Å². The summed E-state index contributed by atoms with van der Waals surface area (Å²) in [6.07, 6.45) is 5.30. The highest BCUT2D eigenvalue weighted by Crippen LogP contribution is 2.20. The summed E-state index contributed by atoms with van der Waals surface area (Å²) in [5.41, 5.74) is 1.52. The molecule has 3 nitrogen and oxygen atoms in total. The third-order valence-electron chi connectivity index (χ3n) is 2.49. The summed E-state index contributed by atoms with van der Waals surface area (Å²) >= 11 is 0. The standard InChI is InChI=1S/C12H23N3/c1-12(2,3)11-9-13-15(10-11)8-6-7-14(4)5/h9-10H,6-8H2,1-5H3. The molecule has 0 bridgehead atoms. The van der Waals surface area contributed by atoms with Crippen LogP contribution in [0.15, 0.2) is 12.4 Å². The van der Waals surface area contributed by atoms with Crippen LogP contribution in [0.25, 0.3) is 0 Å². The molecule has 0 fully saturated rings. The quantitative estimate of drug-likeness (QED) is 0.757. The number of nitrogens with zero attached hydrogens (tertiary/aromatic N) is 3. The van der Waals surface area contributed by atoms with E-state index in [0.717, 1.165) is 19.5 Å². The Balaban J connectivity index is 2.47. The van der Waals surface area contributed by atoms with E-state index >= 15 is 0 Å². The van der Waals surface area contributed by atoms with Crippen molar-refractivity contribution in [2.24, 2.45) is 0 Å². The largest absolute Gasteiger partial charge is 0.309 e. The fourth-order valence-electron chi connectivity index (χ4n) is 1.42. The lowest BCUT2D eigenvalue weighted by Crippen LogP contribution is -2.15. The lowest BCUT2D eigenvalue weighted by molar-refractivity contribution is 0.380. The summed E-state index contributed by atoms with van der Waals surface area (Å²) in [4.78, 5) is 2.20. The van der Waals surface area contributed by atoms with Gasteiger partial charge in [-0.1, -0.05) is 20.8 Å². The van der Waals surface area contributed by atoms with Crippen molar-refractivity contribution >= 4 is 0 Å². The van der Waals surface area contributed by atoms with Crippen LogP contribution in [-0.2, 0) is 12.0 Å². The lowest BCUT2D eigenvalue weighted by atomic mass is 9.90. The fourth-order valence-corrected chi connectivity index (χ4v) is 1.42. The molecule has 15 heavy (non-hydrogen) atoms. The first-order chi connectivity index (χ1) is 6.89. The molecule has 0 amide bonds. The van der Waals surface area contributed by atoms with E-state index in [1.54, 1.807) is 0 Å². The second kappa shape index (κ2) is 4.79. The minimum absolute atomic E-state index is 0.208. The third-order valence-corrected chi connectivity index (χ3v) is 2.49. The molecule has 86 valence electrons. The van der Waals surface area contributed by atoms with Crippen molar-refractivity contribution in [3.05, 3.63) is 18.0 Å². The van der Waals surface area contributed by atoms with E-state index in [1.165, 1.54) is 5.56 Å². The second-order valence-electron chi connectivity index (χ2n) is 5.40. The van der Waals surface area contributed by atoms with Gasteiger partial charge in [0.15, 0.2) is 0 Å². The summed E-state index contributed by atoms with van der Waals surface area (Å²) < 4.78 is 2.05. The maximum Gasteiger partial charge on any atom is 0.0527 e. The second-order valence-corrected chi connectivity index (χ2v) is 5.40. The number of hydrogen-bond donors (Lipinski definition) is 0.